The summed E-state index contributed by atoms with van der Waals surface area (Å²) in [7, 11) is -3.80. The van der Waals surface area contributed by atoms with Gasteiger partial charge >= 0.3 is 0 Å². The molecule has 0 radical (unpaired) electrons. The highest BCUT2D eigenvalue weighted by molar-refractivity contribution is 9.10. The Morgan fingerprint density at radius 2 is 2.00 bits per heavy atom. The van der Waals surface area contributed by atoms with Crippen LogP contribution in [0.4, 0.5) is 11.5 Å². The van der Waals surface area contributed by atoms with Gasteiger partial charge in [0.1, 0.15) is 5.82 Å². The minimum Gasteiger partial charge on any atom is -0.369 e. The molecule has 1 aromatic carbocycles. The monoisotopic (exact) mass is 400 g/mol. The third-order valence-electron chi connectivity index (χ3n) is 2.79. The van der Waals surface area contributed by atoms with Crippen molar-refractivity contribution in [2.45, 2.75) is 4.90 Å². The zero-order valence-electron chi connectivity index (χ0n) is 11.8. The van der Waals surface area contributed by atoms with E-state index in [-0.39, 0.29) is 17.1 Å². The van der Waals surface area contributed by atoms with Gasteiger partial charge in [-0.05, 0) is 34.1 Å². The van der Waals surface area contributed by atoms with Crippen molar-refractivity contribution in [1.29, 1.82) is 0 Å². The molecule has 0 unspecified atom stereocenters. The van der Waals surface area contributed by atoms with Crippen molar-refractivity contribution in [3.63, 3.8) is 0 Å². The quantitative estimate of drug-likeness (QED) is 0.418. The van der Waals surface area contributed by atoms with Gasteiger partial charge in [0, 0.05) is 35.9 Å². The third kappa shape index (κ3) is 4.98. The maximum atomic E-state index is 12.1. The number of sulfonamides is 1. The summed E-state index contributed by atoms with van der Waals surface area (Å²) in [6.45, 7) is 0.436. The number of hydrogen-bond acceptors (Lipinski definition) is 6. The second-order valence-electron chi connectivity index (χ2n) is 4.44. The molecule has 2 aromatic rings. The van der Waals surface area contributed by atoms with Crippen LogP contribution in [0.5, 0.6) is 0 Å². The summed E-state index contributed by atoms with van der Waals surface area (Å²) in [6, 6.07) is 8.45. The molecule has 0 aliphatic heterocycles. The molecule has 0 saturated heterocycles. The van der Waals surface area contributed by atoms with E-state index in [1.54, 1.807) is 12.3 Å². The molecule has 0 amide bonds. The van der Waals surface area contributed by atoms with Crippen LogP contribution in [0.1, 0.15) is 0 Å². The van der Waals surface area contributed by atoms with E-state index in [2.05, 4.69) is 31.0 Å². The average Bonchev–Trinajstić information content (AvgIpc) is 2.53. The largest absolute Gasteiger partial charge is 0.369 e. The minimum atomic E-state index is -3.80. The lowest BCUT2D eigenvalue weighted by atomic mass is 10.3. The van der Waals surface area contributed by atoms with Crippen LogP contribution in [0, 0.1) is 10.1 Å². The fourth-order valence-corrected chi connectivity index (χ4v) is 3.01. The molecule has 0 fully saturated rings. The van der Waals surface area contributed by atoms with Gasteiger partial charge in [-0.1, -0.05) is 6.07 Å². The Kier molecular flexibility index (Phi) is 5.64. The first-order chi connectivity index (χ1) is 10.9. The molecule has 0 saturated carbocycles. The molecule has 2 rings (SSSR count). The van der Waals surface area contributed by atoms with Crippen LogP contribution in [-0.4, -0.2) is 31.4 Å². The summed E-state index contributed by atoms with van der Waals surface area (Å²) >= 11 is 3.27. The first-order valence-corrected chi connectivity index (χ1v) is 8.76. The number of nitro groups is 1. The van der Waals surface area contributed by atoms with E-state index < -0.39 is 14.9 Å². The fraction of sp³-hybridized carbons (Fsp3) is 0.154. The molecule has 10 heteroatoms. The fourth-order valence-electron chi connectivity index (χ4n) is 1.70. The lowest BCUT2D eigenvalue weighted by Crippen LogP contribution is -2.29. The van der Waals surface area contributed by atoms with Gasteiger partial charge in [0.2, 0.25) is 10.0 Å². The standard InChI is InChI=1S/C13H13BrN4O4S/c14-10-4-5-13(16-9-10)15-6-7-17-23(21,22)12-3-1-2-11(8-12)18(19)20/h1-5,8-9,17H,6-7H2,(H,15,16). The van der Waals surface area contributed by atoms with Gasteiger partial charge < -0.3 is 5.32 Å². The van der Waals surface area contributed by atoms with Gasteiger partial charge in [-0.2, -0.15) is 0 Å². The summed E-state index contributed by atoms with van der Waals surface area (Å²) in [5, 5.41) is 13.6. The smallest absolute Gasteiger partial charge is 0.270 e. The Morgan fingerprint density at radius 3 is 2.65 bits per heavy atom. The second kappa shape index (κ2) is 7.49. The normalized spacial score (nSPS) is 11.2. The summed E-state index contributed by atoms with van der Waals surface area (Å²) < 4.78 is 27.4. The summed E-state index contributed by atoms with van der Waals surface area (Å²) in [4.78, 5) is 14.0. The van der Waals surface area contributed by atoms with Crippen molar-refractivity contribution in [2.24, 2.45) is 0 Å². The average molecular weight is 401 g/mol. The number of rotatable bonds is 7. The highest BCUT2D eigenvalue weighted by atomic mass is 79.9. The van der Waals surface area contributed by atoms with Crippen LogP contribution in [-0.2, 0) is 10.0 Å². The molecule has 2 N–H and O–H groups in total. The second-order valence-corrected chi connectivity index (χ2v) is 7.12. The van der Waals surface area contributed by atoms with Crippen molar-refractivity contribution in [3.05, 3.63) is 57.2 Å². The molecule has 0 aliphatic rings. The molecule has 0 bridgehead atoms. The SMILES string of the molecule is O=[N+]([O-])c1cccc(S(=O)(=O)NCCNc2ccc(Br)cn2)c1. The van der Waals surface area contributed by atoms with Crippen molar-refractivity contribution < 1.29 is 13.3 Å². The highest BCUT2D eigenvalue weighted by Gasteiger charge is 2.16. The van der Waals surface area contributed by atoms with Crippen LogP contribution in [0.25, 0.3) is 0 Å². The number of non-ortho nitro benzene ring substituents is 1. The zero-order chi connectivity index (χ0) is 16.9. The Labute approximate surface area is 141 Å². The Hall–Kier alpha value is -2.04. The number of aromatic nitrogens is 1. The minimum absolute atomic E-state index is 0.114. The highest BCUT2D eigenvalue weighted by Crippen LogP contribution is 2.17. The van der Waals surface area contributed by atoms with Gasteiger partial charge in [-0.3, -0.25) is 10.1 Å². The maximum Gasteiger partial charge on any atom is 0.270 e. The molecule has 0 spiro atoms. The third-order valence-corrected chi connectivity index (χ3v) is 4.72. The van der Waals surface area contributed by atoms with Crippen LogP contribution >= 0.6 is 15.9 Å². The van der Waals surface area contributed by atoms with Crippen molar-refractivity contribution >= 4 is 37.5 Å². The molecule has 0 atom stereocenters. The number of halogens is 1. The van der Waals surface area contributed by atoms with Crippen molar-refractivity contribution in [3.8, 4) is 0 Å². The molecule has 0 aliphatic carbocycles. The topological polar surface area (TPSA) is 114 Å². The molecule has 23 heavy (non-hydrogen) atoms. The van der Waals surface area contributed by atoms with E-state index in [1.807, 2.05) is 6.07 Å². The summed E-state index contributed by atoms with van der Waals surface area (Å²) in [6.07, 6.45) is 1.62. The number of nitrogens with one attached hydrogen (secondary N) is 2. The van der Waals surface area contributed by atoms with Crippen LogP contribution < -0.4 is 10.0 Å². The van der Waals surface area contributed by atoms with Crippen LogP contribution in [0.15, 0.2) is 52.0 Å². The van der Waals surface area contributed by atoms with Crippen molar-refractivity contribution in [1.82, 2.24) is 9.71 Å². The zero-order valence-corrected chi connectivity index (χ0v) is 14.2. The van der Waals surface area contributed by atoms with E-state index >= 15 is 0 Å². The summed E-state index contributed by atoms with van der Waals surface area (Å²) in [5.74, 6) is 0.614. The van der Waals surface area contributed by atoms with Gasteiger partial charge in [0.25, 0.3) is 5.69 Å². The Balaban J connectivity index is 1.92. The van der Waals surface area contributed by atoms with Gasteiger partial charge in [-0.25, -0.2) is 18.1 Å². The predicted molar refractivity (Wildman–Crippen MR) is 88.7 cm³/mol. The molecule has 1 heterocycles. The van der Waals surface area contributed by atoms with Crippen LogP contribution in [0.2, 0.25) is 0 Å². The molecule has 1 aromatic heterocycles. The Bertz CT molecular complexity index is 796. The van der Waals surface area contributed by atoms with E-state index in [0.29, 0.717) is 12.4 Å². The lowest BCUT2D eigenvalue weighted by molar-refractivity contribution is -0.385. The van der Waals surface area contributed by atoms with Gasteiger partial charge in [0.15, 0.2) is 0 Å². The first-order valence-electron chi connectivity index (χ1n) is 6.48. The number of benzene rings is 1. The molecule has 8 nitrogen and oxygen atoms in total. The number of nitro benzene ring substituents is 1. The molecular weight excluding hydrogens is 388 g/mol. The number of pyridine rings is 1. The number of anilines is 1. The predicted octanol–water partition coefficient (Wildman–Crippen LogP) is 2.14. The number of nitrogens with zero attached hydrogens (tertiary/aromatic N) is 2. The van der Waals surface area contributed by atoms with Crippen LogP contribution in [0.3, 0.4) is 0 Å². The van der Waals surface area contributed by atoms with Gasteiger partial charge in [-0.15, -0.1) is 0 Å². The first kappa shape index (κ1) is 17.3. The van der Waals surface area contributed by atoms with E-state index in [0.717, 1.165) is 10.5 Å². The maximum absolute atomic E-state index is 12.1. The van der Waals surface area contributed by atoms with E-state index in [1.165, 1.54) is 18.2 Å². The van der Waals surface area contributed by atoms with E-state index in [4.69, 9.17) is 0 Å². The summed E-state index contributed by atoms with van der Waals surface area (Å²) in [5.41, 5.74) is -0.273. The molecule has 122 valence electrons. The molecular formula is C13H13BrN4O4S. The lowest BCUT2D eigenvalue weighted by Gasteiger charge is -2.08. The van der Waals surface area contributed by atoms with E-state index in [9.17, 15) is 18.5 Å². The Morgan fingerprint density at radius 1 is 1.22 bits per heavy atom. The van der Waals surface area contributed by atoms with Crippen molar-refractivity contribution in [2.75, 3.05) is 18.4 Å². The van der Waals surface area contributed by atoms with Gasteiger partial charge in [0.05, 0.1) is 9.82 Å². The number of hydrogen-bond donors (Lipinski definition) is 2.